The fraction of sp³-hybridized carbons (Fsp3) is 0.875. The molecular formula is C16H29N3O3. The summed E-state index contributed by atoms with van der Waals surface area (Å²) in [5.41, 5.74) is -0.715. The van der Waals surface area contributed by atoms with E-state index in [0.29, 0.717) is 30.8 Å². The fourth-order valence-electron chi connectivity index (χ4n) is 2.90. The van der Waals surface area contributed by atoms with Crippen LogP contribution in [0.2, 0.25) is 0 Å². The number of aliphatic hydroxyl groups is 1. The third-order valence-corrected chi connectivity index (χ3v) is 4.04. The zero-order valence-corrected chi connectivity index (χ0v) is 14.4. The Kier molecular flexibility index (Phi) is 5.58. The van der Waals surface area contributed by atoms with Crippen LogP contribution >= 0.6 is 0 Å². The van der Waals surface area contributed by atoms with Crippen molar-refractivity contribution >= 4 is 0 Å². The molecular weight excluding hydrogens is 282 g/mol. The molecule has 6 heteroatoms. The second kappa shape index (κ2) is 7.06. The molecule has 0 aromatic carbocycles. The minimum atomic E-state index is -0.715. The maximum absolute atomic E-state index is 10.3. The summed E-state index contributed by atoms with van der Waals surface area (Å²) in [6, 6.07) is 0.137. The Balaban J connectivity index is 1.94. The lowest BCUT2D eigenvalue weighted by Gasteiger charge is -2.32. The highest BCUT2D eigenvalue weighted by Crippen LogP contribution is 2.28. The molecule has 2 heterocycles. The highest BCUT2D eigenvalue weighted by Gasteiger charge is 2.36. The lowest BCUT2D eigenvalue weighted by Crippen LogP contribution is -2.45. The van der Waals surface area contributed by atoms with Gasteiger partial charge in [0.15, 0.2) is 5.82 Å². The van der Waals surface area contributed by atoms with Crippen LogP contribution in [0, 0.1) is 5.92 Å². The van der Waals surface area contributed by atoms with Gasteiger partial charge in [-0.25, -0.2) is 0 Å². The van der Waals surface area contributed by atoms with E-state index in [0.717, 1.165) is 19.4 Å². The Bertz CT molecular complexity index is 467. The Morgan fingerprint density at radius 1 is 1.41 bits per heavy atom. The molecule has 0 bridgehead atoms. The predicted molar refractivity (Wildman–Crippen MR) is 83.2 cm³/mol. The molecule has 0 amide bonds. The Labute approximate surface area is 132 Å². The van der Waals surface area contributed by atoms with Crippen molar-refractivity contribution in [3.05, 3.63) is 11.7 Å². The van der Waals surface area contributed by atoms with Crippen LogP contribution in [-0.4, -0.2) is 44.9 Å². The van der Waals surface area contributed by atoms with E-state index in [4.69, 9.17) is 9.26 Å². The van der Waals surface area contributed by atoms with E-state index in [-0.39, 0.29) is 12.1 Å². The quantitative estimate of drug-likeness (QED) is 0.834. The Morgan fingerprint density at radius 3 is 2.77 bits per heavy atom. The van der Waals surface area contributed by atoms with E-state index < -0.39 is 5.60 Å². The van der Waals surface area contributed by atoms with E-state index in [1.807, 2.05) is 20.8 Å². The van der Waals surface area contributed by atoms with Gasteiger partial charge in [-0.15, -0.1) is 0 Å². The van der Waals surface area contributed by atoms with Gasteiger partial charge in [0.1, 0.15) is 6.10 Å². The molecule has 6 nitrogen and oxygen atoms in total. The molecule has 2 atom stereocenters. The van der Waals surface area contributed by atoms with Gasteiger partial charge in [0, 0.05) is 12.6 Å². The van der Waals surface area contributed by atoms with E-state index in [1.165, 1.54) is 0 Å². The van der Waals surface area contributed by atoms with Gasteiger partial charge >= 0.3 is 0 Å². The number of ether oxygens (including phenoxy) is 1. The summed E-state index contributed by atoms with van der Waals surface area (Å²) < 4.78 is 11.1. The van der Waals surface area contributed by atoms with Gasteiger partial charge in [0.25, 0.3) is 0 Å². The number of aromatic nitrogens is 2. The Hall–Kier alpha value is -0.980. The highest BCUT2D eigenvalue weighted by molar-refractivity contribution is 4.95. The van der Waals surface area contributed by atoms with Gasteiger partial charge in [-0.05, 0) is 46.1 Å². The molecule has 2 rings (SSSR count). The van der Waals surface area contributed by atoms with Crippen LogP contribution in [0.15, 0.2) is 4.52 Å². The molecule has 1 N–H and O–H groups in total. The lowest BCUT2D eigenvalue weighted by atomic mass is 9.97. The SMILES string of the molecule is CC(C)COC(C)c1noc(CN2CCCC2C(C)(C)O)n1. The number of hydrogen-bond donors (Lipinski definition) is 1. The van der Waals surface area contributed by atoms with Crippen LogP contribution in [0.25, 0.3) is 0 Å². The molecule has 2 unspecified atom stereocenters. The Morgan fingerprint density at radius 2 is 2.14 bits per heavy atom. The fourth-order valence-corrected chi connectivity index (χ4v) is 2.90. The maximum atomic E-state index is 10.3. The number of likely N-dealkylation sites (tertiary alicyclic amines) is 1. The van der Waals surface area contributed by atoms with Crippen LogP contribution in [0.4, 0.5) is 0 Å². The average Bonchev–Trinajstić information content (AvgIpc) is 3.04. The van der Waals surface area contributed by atoms with Crippen molar-refractivity contribution in [3.63, 3.8) is 0 Å². The number of rotatable bonds is 7. The largest absolute Gasteiger partial charge is 0.389 e. The van der Waals surface area contributed by atoms with Crippen molar-refractivity contribution in [3.8, 4) is 0 Å². The summed E-state index contributed by atoms with van der Waals surface area (Å²) in [5, 5.41) is 14.3. The molecule has 0 spiro atoms. The van der Waals surface area contributed by atoms with Gasteiger partial charge in [0.05, 0.1) is 12.1 Å². The van der Waals surface area contributed by atoms with Gasteiger partial charge < -0.3 is 14.4 Å². The summed E-state index contributed by atoms with van der Waals surface area (Å²) in [6.07, 6.45) is 1.92. The molecule has 1 aromatic rings. The molecule has 1 saturated heterocycles. The highest BCUT2D eigenvalue weighted by atomic mass is 16.5. The van der Waals surface area contributed by atoms with Crippen molar-refractivity contribution in [2.45, 2.75) is 71.8 Å². The van der Waals surface area contributed by atoms with E-state index in [1.54, 1.807) is 0 Å². The van der Waals surface area contributed by atoms with Crippen molar-refractivity contribution in [2.75, 3.05) is 13.2 Å². The predicted octanol–water partition coefficient (Wildman–Crippen LogP) is 2.54. The molecule has 0 radical (unpaired) electrons. The van der Waals surface area contributed by atoms with Gasteiger partial charge in [0.2, 0.25) is 5.89 Å². The standard InChI is InChI=1S/C16H29N3O3/c1-11(2)10-21-12(3)15-17-14(22-18-15)9-19-8-6-7-13(19)16(4,5)20/h11-13,20H,6-10H2,1-5H3. The average molecular weight is 311 g/mol. The molecule has 0 aliphatic carbocycles. The second-order valence-corrected chi connectivity index (χ2v) is 7.20. The number of hydrogen-bond acceptors (Lipinski definition) is 6. The molecule has 126 valence electrons. The van der Waals surface area contributed by atoms with Crippen LogP contribution in [0.3, 0.4) is 0 Å². The summed E-state index contributed by atoms with van der Waals surface area (Å²) in [5.74, 6) is 1.66. The molecule has 0 saturated carbocycles. The summed E-state index contributed by atoms with van der Waals surface area (Å²) in [4.78, 5) is 6.66. The monoisotopic (exact) mass is 311 g/mol. The third-order valence-electron chi connectivity index (χ3n) is 4.04. The number of nitrogens with zero attached hydrogens (tertiary/aromatic N) is 3. The molecule has 22 heavy (non-hydrogen) atoms. The molecule has 1 aliphatic heterocycles. The van der Waals surface area contributed by atoms with Crippen LogP contribution in [0.5, 0.6) is 0 Å². The van der Waals surface area contributed by atoms with E-state index in [9.17, 15) is 5.11 Å². The molecule has 1 aromatic heterocycles. The van der Waals surface area contributed by atoms with Crippen molar-refractivity contribution in [2.24, 2.45) is 5.92 Å². The van der Waals surface area contributed by atoms with Crippen LogP contribution < -0.4 is 0 Å². The van der Waals surface area contributed by atoms with Gasteiger partial charge in [-0.3, -0.25) is 4.90 Å². The minimum Gasteiger partial charge on any atom is -0.389 e. The van der Waals surface area contributed by atoms with Crippen molar-refractivity contribution in [1.29, 1.82) is 0 Å². The van der Waals surface area contributed by atoms with Crippen LogP contribution in [0.1, 0.15) is 65.3 Å². The van der Waals surface area contributed by atoms with Crippen LogP contribution in [-0.2, 0) is 11.3 Å². The summed E-state index contributed by atoms with van der Waals surface area (Å²) >= 11 is 0. The first-order valence-corrected chi connectivity index (χ1v) is 8.18. The second-order valence-electron chi connectivity index (χ2n) is 7.20. The zero-order chi connectivity index (χ0) is 16.3. The minimum absolute atomic E-state index is 0.137. The first-order valence-electron chi connectivity index (χ1n) is 8.18. The zero-order valence-electron chi connectivity index (χ0n) is 14.4. The first kappa shape index (κ1) is 17.4. The topological polar surface area (TPSA) is 71.6 Å². The van der Waals surface area contributed by atoms with Crippen molar-refractivity contribution < 1.29 is 14.4 Å². The molecule has 1 fully saturated rings. The smallest absolute Gasteiger partial charge is 0.240 e. The normalized spacial score (nSPS) is 21.7. The lowest BCUT2D eigenvalue weighted by molar-refractivity contribution is -0.00774. The van der Waals surface area contributed by atoms with E-state index in [2.05, 4.69) is 28.9 Å². The maximum Gasteiger partial charge on any atom is 0.240 e. The summed E-state index contributed by atoms with van der Waals surface area (Å²) in [7, 11) is 0. The van der Waals surface area contributed by atoms with Crippen molar-refractivity contribution in [1.82, 2.24) is 15.0 Å². The first-order chi connectivity index (χ1) is 10.3. The third kappa shape index (κ3) is 4.51. The van der Waals surface area contributed by atoms with Gasteiger partial charge in [-0.2, -0.15) is 4.98 Å². The van der Waals surface area contributed by atoms with E-state index >= 15 is 0 Å². The molecule has 1 aliphatic rings. The van der Waals surface area contributed by atoms with Gasteiger partial charge in [-0.1, -0.05) is 19.0 Å². The summed E-state index contributed by atoms with van der Waals surface area (Å²) in [6.45, 7) is 12.1.